The molecule has 0 amide bonds. The van der Waals surface area contributed by atoms with Crippen LogP contribution >= 0.6 is 15.9 Å². The number of nitrogens with one attached hydrogen (secondary N) is 1. The van der Waals surface area contributed by atoms with E-state index in [1.807, 2.05) is 6.20 Å². The first-order valence-electron chi connectivity index (χ1n) is 6.82. The number of anilines is 1. The SMILES string of the molecule is CCNCC1CCCCN1c1ncc(C)cc1Br. The first kappa shape index (κ1) is 13.8. The van der Waals surface area contributed by atoms with Crippen molar-refractivity contribution < 1.29 is 0 Å². The zero-order valence-electron chi connectivity index (χ0n) is 11.2. The van der Waals surface area contributed by atoms with Crippen molar-refractivity contribution in [2.45, 2.75) is 39.2 Å². The summed E-state index contributed by atoms with van der Waals surface area (Å²) in [6, 6.07) is 2.73. The van der Waals surface area contributed by atoms with E-state index in [1.165, 1.54) is 24.8 Å². The third kappa shape index (κ3) is 3.23. The van der Waals surface area contributed by atoms with Gasteiger partial charge in [0.1, 0.15) is 5.82 Å². The highest BCUT2D eigenvalue weighted by Crippen LogP contribution is 2.29. The minimum atomic E-state index is 0.574. The van der Waals surface area contributed by atoms with Gasteiger partial charge >= 0.3 is 0 Å². The fraction of sp³-hybridized carbons (Fsp3) is 0.643. The average Bonchev–Trinajstić information content (AvgIpc) is 2.37. The third-order valence-corrected chi connectivity index (χ3v) is 4.07. The number of pyridine rings is 1. The lowest BCUT2D eigenvalue weighted by atomic mass is 10.0. The molecule has 100 valence electrons. The molecule has 2 heterocycles. The summed E-state index contributed by atoms with van der Waals surface area (Å²) in [5.74, 6) is 1.10. The van der Waals surface area contributed by atoms with Gasteiger partial charge in [-0.2, -0.15) is 0 Å². The maximum atomic E-state index is 4.61. The van der Waals surface area contributed by atoms with Gasteiger partial charge in [-0.15, -0.1) is 0 Å². The van der Waals surface area contributed by atoms with Crippen LogP contribution in [0.1, 0.15) is 31.7 Å². The van der Waals surface area contributed by atoms with Gasteiger partial charge in [0.15, 0.2) is 0 Å². The topological polar surface area (TPSA) is 28.2 Å². The lowest BCUT2D eigenvalue weighted by Gasteiger charge is -2.37. The third-order valence-electron chi connectivity index (χ3n) is 3.49. The Labute approximate surface area is 118 Å². The Balaban J connectivity index is 2.16. The largest absolute Gasteiger partial charge is 0.351 e. The molecule has 1 aromatic heterocycles. The molecule has 4 heteroatoms. The summed E-state index contributed by atoms with van der Waals surface area (Å²) < 4.78 is 1.12. The van der Waals surface area contributed by atoms with Crippen molar-refractivity contribution >= 4 is 21.7 Å². The Morgan fingerprint density at radius 2 is 2.33 bits per heavy atom. The standard InChI is InChI=1S/C14H22BrN3/c1-3-16-10-12-6-4-5-7-18(12)14-13(15)8-11(2)9-17-14/h8-9,12,16H,3-7,10H2,1-2H3. The van der Waals surface area contributed by atoms with Crippen molar-refractivity contribution in [3.05, 3.63) is 22.3 Å². The number of aryl methyl sites for hydroxylation is 1. The van der Waals surface area contributed by atoms with Crippen molar-refractivity contribution in [3.63, 3.8) is 0 Å². The van der Waals surface area contributed by atoms with Gasteiger partial charge in [-0.1, -0.05) is 6.92 Å². The molecular weight excluding hydrogens is 290 g/mol. The first-order valence-corrected chi connectivity index (χ1v) is 7.61. The lowest BCUT2D eigenvalue weighted by Crippen LogP contribution is -2.46. The fourth-order valence-electron chi connectivity index (χ4n) is 2.54. The van der Waals surface area contributed by atoms with E-state index in [9.17, 15) is 0 Å². The highest BCUT2D eigenvalue weighted by atomic mass is 79.9. The van der Waals surface area contributed by atoms with E-state index >= 15 is 0 Å². The van der Waals surface area contributed by atoms with Crippen LogP contribution in [0.15, 0.2) is 16.7 Å². The van der Waals surface area contributed by atoms with Gasteiger partial charge in [-0.25, -0.2) is 4.98 Å². The molecule has 1 saturated heterocycles. The molecule has 1 aliphatic rings. The van der Waals surface area contributed by atoms with Gasteiger partial charge in [0.2, 0.25) is 0 Å². The van der Waals surface area contributed by atoms with E-state index in [-0.39, 0.29) is 0 Å². The Morgan fingerprint density at radius 1 is 1.50 bits per heavy atom. The van der Waals surface area contributed by atoms with E-state index in [0.717, 1.165) is 29.9 Å². The highest BCUT2D eigenvalue weighted by Gasteiger charge is 2.24. The quantitative estimate of drug-likeness (QED) is 0.926. The Hall–Kier alpha value is -0.610. The Bertz CT molecular complexity index is 395. The fourth-order valence-corrected chi connectivity index (χ4v) is 3.23. The van der Waals surface area contributed by atoms with Crippen LogP contribution in [0.3, 0.4) is 0 Å². The maximum absolute atomic E-state index is 4.61. The van der Waals surface area contributed by atoms with Crippen molar-refractivity contribution in [1.29, 1.82) is 0 Å². The average molecular weight is 312 g/mol. The summed E-state index contributed by atoms with van der Waals surface area (Å²) >= 11 is 3.65. The molecule has 1 unspecified atom stereocenters. The molecule has 0 radical (unpaired) electrons. The van der Waals surface area contributed by atoms with Gasteiger partial charge in [0, 0.05) is 25.3 Å². The van der Waals surface area contributed by atoms with Gasteiger partial charge in [-0.3, -0.25) is 0 Å². The van der Waals surface area contributed by atoms with Gasteiger partial charge in [0.05, 0.1) is 4.47 Å². The predicted molar refractivity (Wildman–Crippen MR) is 80.2 cm³/mol. The molecule has 0 spiro atoms. The van der Waals surface area contributed by atoms with E-state index in [4.69, 9.17) is 0 Å². The predicted octanol–water partition coefficient (Wildman–Crippen LogP) is 3.12. The van der Waals surface area contributed by atoms with E-state index in [0.29, 0.717) is 6.04 Å². The number of likely N-dealkylation sites (N-methyl/N-ethyl adjacent to an activating group) is 1. The van der Waals surface area contributed by atoms with Crippen LogP contribution in [0.5, 0.6) is 0 Å². The van der Waals surface area contributed by atoms with Gasteiger partial charge in [-0.05, 0) is 60.3 Å². The molecule has 2 rings (SSSR count). The number of hydrogen-bond donors (Lipinski definition) is 1. The monoisotopic (exact) mass is 311 g/mol. The Kier molecular flexibility index (Phi) is 5.01. The summed E-state index contributed by atoms with van der Waals surface area (Å²) in [5.41, 5.74) is 1.20. The van der Waals surface area contributed by atoms with Crippen LogP contribution in [0.4, 0.5) is 5.82 Å². The van der Waals surface area contributed by atoms with E-state index in [2.05, 4.69) is 51.0 Å². The summed E-state index contributed by atoms with van der Waals surface area (Å²) in [6.45, 7) is 7.44. The van der Waals surface area contributed by atoms with Gasteiger partial charge < -0.3 is 10.2 Å². The lowest BCUT2D eigenvalue weighted by molar-refractivity contribution is 0.436. The van der Waals surface area contributed by atoms with E-state index < -0.39 is 0 Å². The smallest absolute Gasteiger partial charge is 0.143 e. The molecule has 0 aliphatic carbocycles. The van der Waals surface area contributed by atoms with Crippen LogP contribution in [0.25, 0.3) is 0 Å². The van der Waals surface area contributed by atoms with Gasteiger partial charge in [0.25, 0.3) is 0 Å². The summed E-state index contributed by atoms with van der Waals surface area (Å²) in [7, 11) is 0. The summed E-state index contributed by atoms with van der Waals surface area (Å²) in [4.78, 5) is 7.07. The number of nitrogens with zero attached hydrogens (tertiary/aromatic N) is 2. The van der Waals surface area contributed by atoms with Crippen molar-refractivity contribution in [2.24, 2.45) is 0 Å². The molecule has 1 fully saturated rings. The van der Waals surface area contributed by atoms with Crippen molar-refractivity contribution in [1.82, 2.24) is 10.3 Å². The summed E-state index contributed by atoms with van der Waals surface area (Å²) in [6.07, 6.45) is 5.81. The van der Waals surface area contributed by atoms with Crippen molar-refractivity contribution in [2.75, 3.05) is 24.5 Å². The van der Waals surface area contributed by atoms with Crippen LogP contribution in [0, 0.1) is 6.92 Å². The molecule has 1 N–H and O–H groups in total. The molecule has 1 atom stereocenters. The second-order valence-corrected chi connectivity index (χ2v) is 5.82. The molecule has 18 heavy (non-hydrogen) atoms. The first-order chi connectivity index (χ1) is 8.72. The number of piperidine rings is 1. The minimum Gasteiger partial charge on any atom is -0.351 e. The number of rotatable bonds is 4. The second-order valence-electron chi connectivity index (χ2n) is 4.97. The molecule has 0 saturated carbocycles. The highest BCUT2D eigenvalue weighted by molar-refractivity contribution is 9.10. The number of aromatic nitrogens is 1. The number of hydrogen-bond acceptors (Lipinski definition) is 3. The van der Waals surface area contributed by atoms with Crippen LogP contribution in [-0.2, 0) is 0 Å². The van der Waals surface area contributed by atoms with E-state index in [1.54, 1.807) is 0 Å². The molecule has 1 aromatic rings. The Morgan fingerprint density at radius 3 is 3.06 bits per heavy atom. The zero-order chi connectivity index (χ0) is 13.0. The zero-order valence-corrected chi connectivity index (χ0v) is 12.8. The van der Waals surface area contributed by atoms with Crippen molar-refractivity contribution in [3.8, 4) is 0 Å². The number of halogens is 1. The molecule has 0 bridgehead atoms. The molecular formula is C14H22BrN3. The maximum Gasteiger partial charge on any atom is 0.143 e. The van der Waals surface area contributed by atoms with Crippen LogP contribution in [-0.4, -0.2) is 30.7 Å². The molecule has 1 aliphatic heterocycles. The summed E-state index contributed by atoms with van der Waals surface area (Å²) in [5, 5.41) is 3.46. The normalized spacial score (nSPS) is 20.2. The molecule has 3 nitrogen and oxygen atoms in total. The van der Waals surface area contributed by atoms with Crippen LogP contribution < -0.4 is 10.2 Å². The molecule has 0 aromatic carbocycles. The minimum absolute atomic E-state index is 0.574. The second kappa shape index (κ2) is 6.53. The van der Waals surface area contributed by atoms with Crippen LogP contribution in [0.2, 0.25) is 0 Å².